The quantitative estimate of drug-likeness (QED) is 0.0144. The average molecular weight is 1770 g/mol. The maximum atomic E-state index is 13.9. The molecule has 20 heteroatoms. The van der Waals surface area contributed by atoms with Gasteiger partial charge in [-0.25, -0.2) is 41.6 Å². The summed E-state index contributed by atoms with van der Waals surface area (Å²) < 4.78 is 43.1. The Labute approximate surface area is 779 Å². The van der Waals surface area contributed by atoms with Crippen LogP contribution in [0.3, 0.4) is 0 Å². The van der Waals surface area contributed by atoms with E-state index in [4.69, 9.17) is 34.6 Å². The van der Waals surface area contributed by atoms with Crippen LogP contribution in [0.15, 0.2) is 398 Å². The summed E-state index contributed by atoms with van der Waals surface area (Å²) in [6.07, 6.45) is 33.4. The van der Waals surface area contributed by atoms with Gasteiger partial charge in [0, 0.05) is 170 Å². The maximum Gasteiger partial charge on any atom is 0.338 e. The van der Waals surface area contributed by atoms with E-state index in [1.807, 2.05) is 198 Å². The summed E-state index contributed by atoms with van der Waals surface area (Å²) in [5.74, 6) is -0.0818. The van der Waals surface area contributed by atoms with Gasteiger partial charge in [0.15, 0.2) is 144 Å². The van der Waals surface area contributed by atoms with Crippen molar-refractivity contribution in [1.82, 2.24) is 4.58 Å². The molecule has 0 unspecified atom stereocenters. The number of anilines is 1. The first-order valence-electron chi connectivity index (χ1n) is 44.7. The van der Waals surface area contributed by atoms with E-state index in [1.165, 1.54) is 35.4 Å². The number of aromatic nitrogens is 8. The van der Waals surface area contributed by atoms with Crippen LogP contribution in [0.4, 0.5) is 5.69 Å². The van der Waals surface area contributed by atoms with Crippen LogP contribution < -0.4 is 57.6 Å². The smallest absolute Gasteiger partial charge is 0.338 e. The number of phenols is 1. The van der Waals surface area contributed by atoms with E-state index in [-0.39, 0.29) is 17.8 Å². The minimum absolute atomic E-state index is 0.131. The summed E-state index contributed by atoms with van der Waals surface area (Å²) in [5, 5.41) is 34.8. The molecule has 10 heterocycles. The number of ether oxygens (including phenoxy) is 2. The van der Waals surface area contributed by atoms with Crippen molar-refractivity contribution in [3.05, 3.63) is 439 Å². The van der Waals surface area contributed by atoms with Crippen molar-refractivity contribution in [3.8, 4) is 96.0 Å². The number of esters is 2. The molecule has 18 aromatic rings. The van der Waals surface area contributed by atoms with Gasteiger partial charge in [0.25, 0.3) is 0 Å². The van der Waals surface area contributed by atoms with Crippen molar-refractivity contribution in [1.29, 1.82) is 10.5 Å². The first-order valence-corrected chi connectivity index (χ1v) is 44.7. The number of hydrogen-bond acceptors (Lipinski definition) is 11. The Bertz CT molecular complexity index is 8060. The van der Waals surface area contributed by atoms with E-state index in [0.29, 0.717) is 93.6 Å². The Morgan fingerprint density at radius 2 is 0.770 bits per heavy atom. The fourth-order valence-electron chi connectivity index (χ4n) is 17.7. The molecule has 0 saturated heterocycles. The Kier molecular flexibility index (Phi) is 25.0. The first kappa shape index (κ1) is 86.7. The molecule has 654 valence electrons. The number of phenolic OH excluding ortho intramolecular Hbond substituents is 1. The number of rotatable bonds is 24. The third-order valence-corrected chi connectivity index (χ3v) is 24.8. The molecule has 0 bridgehead atoms. The molecule has 3 N–H and O–H groups in total. The van der Waals surface area contributed by atoms with Crippen molar-refractivity contribution in [2.75, 3.05) is 33.5 Å². The monoisotopic (exact) mass is 1770 g/mol. The van der Waals surface area contributed by atoms with Crippen molar-refractivity contribution >= 4 is 72.1 Å². The van der Waals surface area contributed by atoms with Crippen molar-refractivity contribution in [2.45, 2.75) is 58.8 Å². The summed E-state index contributed by atoms with van der Waals surface area (Å²) in [6, 6.07) is 98.6. The average Bonchev–Trinajstić information content (AvgIpc) is 0.727. The lowest BCUT2D eigenvalue weighted by molar-refractivity contribution is -0.697. The van der Waals surface area contributed by atoms with Gasteiger partial charge in [-0.1, -0.05) is 121 Å². The van der Waals surface area contributed by atoms with Gasteiger partial charge in [0.05, 0.1) is 47.2 Å². The molecule has 20 rings (SSSR count). The molecule has 2 aliphatic rings. The van der Waals surface area contributed by atoms with E-state index < -0.39 is 11.9 Å². The lowest BCUT2D eigenvalue weighted by atomic mass is 9.89. The number of hydrogen-bond donors (Lipinski definition) is 2. The number of nitrogen functional groups attached to an aromatic ring is 1. The van der Waals surface area contributed by atoms with Crippen LogP contribution in [0.2, 0.25) is 0 Å². The molecular formula is C115H95N12O8+9. The number of carbonyl (C=O) groups excluding carboxylic acids is 2. The summed E-state index contributed by atoms with van der Waals surface area (Å²) in [6.45, 7) is 5.10. The normalized spacial score (nSPS) is 11.2. The number of nitrogens with two attached hydrogens (primary N) is 1. The summed E-state index contributed by atoms with van der Waals surface area (Å²) in [4.78, 5) is 40.4. The van der Waals surface area contributed by atoms with E-state index in [9.17, 15) is 19.5 Å². The molecule has 0 spiro atoms. The van der Waals surface area contributed by atoms with Crippen LogP contribution in [0.25, 0.3) is 133 Å². The fourth-order valence-corrected chi connectivity index (χ4v) is 17.7. The minimum Gasteiger partial charge on any atom is -0.507 e. The third kappa shape index (κ3) is 19.0. The van der Waals surface area contributed by atoms with Gasteiger partial charge in [0.1, 0.15) is 54.5 Å². The highest BCUT2D eigenvalue weighted by Gasteiger charge is 2.28. The molecule has 9 aromatic heterocycles. The molecule has 0 radical (unpaired) electrons. The standard InChI is InChI=1S/C59H50N6O4.C56H43N6O4/c1-61(2)49-16-18-52-55(39-49)69-58-53(17-15-48-7-5-10-54(66)56(48)58)57(52)50-8-3-4-9-51(50)59(67)68-38-6-28-62-29-19-44(20-30-62)46-23-33-64(34-24-46)40-42-11-13-43(14-12-42)41-65-35-25-47(26-36-65)45-21-31-63(32-22-45)37-27-60;1-65-56(64)46-7-3-2-6-45(46)53-47-15-16-50(58)49(54(47)66-55-48(53)14-13-44-5-4-8-51(63)52(44)55)37-62-32-23-43(24-33-62)42-21-30-61(31-22-42)36-39-11-9-38(10-12-39)35-60-28-19-41(20-29-60)40-17-26-59(27-18-40)34-25-57/h3-5,7-26,29-36,39H,6,28,37-38,40-41H2,1-2H3;2-24,26-33H,34-37H2,1H3,(H-,58,63)/q+4;+3/p+2. The van der Waals surface area contributed by atoms with E-state index in [0.717, 1.165) is 125 Å². The molecular weight excluding hydrogens is 1680 g/mol. The molecule has 1 aliphatic carbocycles. The van der Waals surface area contributed by atoms with Gasteiger partial charge < -0.3 is 29.1 Å². The van der Waals surface area contributed by atoms with Gasteiger partial charge in [-0.05, 0) is 121 Å². The zero-order valence-electron chi connectivity index (χ0n) is 74.7. The largest absolute Gasteiger partial charge is 0.507 e. The van der Waals surface area contributed by atoms with E-state index >= 15 is 0 Å². The number of aryl methyl sites for hydroxylation is 1. The van der Waals surface area contributed by atoms with E-state index in [2.05, 4.69) is 223 Å². The van der Waals surface area contributed by atoms with E-state index in [1.54, 1.807) is 24.3 Å². The highest BCUT2D eigenvalue weighted by atomic mass is 16.5. The number of nitriles is 2. The SMILES string of the molecule is COC(=O)c1ccccc1-c1c2ccc(N)c(C[n+]3ccc(-c4cc[n+](Cc5ccc(C[n+]6ccc(-c7cc[n+](CC#N)cc7)cc6)cc5)cc4)cc3)c2oc2c1ccc1cccc(=O)c12.C[N+](C)=c1ccc2c(-c3ccccc3C(=O)OCCC[n+]3ccc(-c4cc[n+](Cc5ccc(C[n+]6ccc(-c7cc[n+](CC#N)cc7)cc6)cc5)cc4)cc3)c3ccc4cccc(O)c4c3oc-2c1. The van der Waals surface area contributed by atoms with Crippen LogP contribution >= 0.6 is 0 Å². The second-order valence-electron chi connectivity index (χ2n) is 33.8. The molecule has 9 aromatic carbocycles. The van der Waals surface area contributed by atoms with Gasteiger partial charge in [-0.2, -0.15) is 19.7 Å². The number of benzene rings is 10. The lowest BCUT2D eigenvalue weighted by Crippen LogP contribution is -2.34. The van der Waals surface area contributed by atoms with Crippen LogP contribution in [-0.4, -0.2) is 44.9 Å². The molecule has 0 atom stereocenters. The molecule has 20 nitrogen and oxygen atoms in total. The Balaban J connectivity index is 0.000000174. The van der Waals surface area contributed by atoms with Crippen molar-refractivity contribution in [3.63, 3.8) is 0 Å². The lowest BCUT2D eigenvalue weighted by Gasteiger charge is -2.18. The number of methoxy groups -OCH3 is 1. The summed E-state index contributed by atoms with van der Waals surface area (Å²) >= 11 is 0. The zero-order valence-corrected chi connectivity index (χ0v) is 74.7. The number of aromatic hydroxyl groups is 1. The highest BCUT2D eigenvalue weighted by Crippen LogP contribution is 2.46. The van der Waals surface area contributed by atoms with Crippen LogP contribution in [0, 0.1) is 22.7 Å². The summed E-state index contributed by atoms with van der Waals surface area (Å²) in [5.41, 5.74) is 27.9. The molecule has 135 heavy (non-hydrogen) atoms. The molecule has 0 amide bonds. The fraction of sp³-hybridized carbons (Fsp3) is 0.113. The predicted octanol–water partition coefficient (Wildman–Crippen LogP) is 16.7. The first-order chi connectivity index (χ1) is 66.1. The van der Waals surface area contributed by atoms with Crippen molar-refractivity contribution in [2.24, 2.45) is 0 Å². The summed E-state index contributed by atoms with van der Waals surface area (Å²) in [7, 11) is 5.33. The van der Waals surface area contributed by atoms with Crippen LogP contribution in [0.1, 0.15) is 55.0 Å². The second-order valence-corrected chi connectivity index (χ2v) is 33.8. The number of carbonyl (C=O) groups is 2. The Hall–Kier alpha value is -17.6. The minimum atomic E-state index is -0.463. The number of fused-ring (bicyclic) bond motifs is 8. The van der Waals surface area contributed by atoms with Gasteiger partial charge in [0.2, 0.25) is 18.4 Å². The van der Waals surface area contributed by atoms with Crippen LogP contribution in [0.5, 0.6) is 5.75 Å². The molecule has 0 fully saturated rings. The highest BCUT2D eigenvalue weighted by molar-refractivity contribution is 6.19. The van der Waals surface area contributed by atoms with Crippen LogP contribution in [-0.2, 0) is 61.8 Å². The predicted molar refractivity (Wildman–Crippen MR) is 517 cm³/mol. The third-order valence-electron chi connectivity index (χ3n) is 24.8. The second kappa shape index (κ2) is 39.0. The van der Waals surface area contributed by atoms with Gasteiger partial charge >= 0.3 is 11.9 Å². The Morgan fingerprint density at radius 1 is 0.385 bits per heavy atom. The Morgan fingerprint density at radius 3 is 1.22 bits per heavy atom. The topological polar surface area (TPSA) is 224 Å². The number of pyridine rings is 8. The van der Waals surface area contributed by atoms with Gasteiger partial charge in [-0.3, -0.25) is 4.79 Å². The maximum absolute atomic E-state index is 13.9. The zero-order chi connectivity index (χ0) is 92.4. The number of nitrogens with zero attached hydrogens (tertiary/aromatic N) is 11. The van der Waals surface area contributed by atoms with Crippen molar-refractivity contribution < 1.29 is 69.5 Å². The molecule has 0 saturated carbocycles. The van der Waals surface area contributed by atoms with Gasteiger partial charge in [-0.15, -0.1) is 0 Å². The molecule has 1 aliphatic heterocycles.